The lowest BCUT2D eigenvalue weighted by atomic mass is 10.1. The van der Waals surface area contributed by atoms with Gasteiger partial charge in [0.05, 0.1) is 22.5 Å². The van der Waals surface area contributed by atoms with Crippen molar-refractivity contribution in [3.63, 3.8) is 0 Å². The van der Waals surface area contributed by atoms with Gasteiger partial charge in [-0.25, -0.2) is 4.39 Å². The van der Waals surface area contributed by atoms with Gasteiger partial charge < -0.3 is 9.47 Å². The Balaban J connectivity index is 1.99. The second kappa shape index (κ2) is 7.25. The number of hydrogen-bond donors (Lipinski definition) is 0. The summed E-state index contributed by atoms with van der Waals surface area (Å²) in [6.07, 6.45) is 4.32. The maximum atomic E-state index is 14.1. The minimum atomic E-state index is -4.41. The third-order valence-corrected chi connectivity index (χ3v) is 5.95. The van der Waals surface area contributed by atoms with E-state index in [-0.39, 0.29) is 12.6 Å². The van der Waals surface area contributed by atoms with Crippen molar-refractivity contribution in [1.82, 2.24) is 9.47 Å². The molecule has 1 aromatic carbocycles. The van der Waals surface area contributed by atoms with Crippen LogP contribution in [-0.4, -0.2) is 28.2 Å². The number of hydrogen-bond acceptors (Lipinski definition) is 2. The summed E-state index contributed by atoms with van der Waals surface area (Å²) in [6, 6.07) is 4.73. The van der Waals surface area contributed by atoms with Crippen LogP contribution < -0.4 is 0 Å². The molecule has 152 valence electrons. The number of alkyl halides is 3. The van der Waals surface area contributed by atoms with Gasteiger partial charge in [0, 0.05) is 18.0 Å². The molecule has 0 unspecified atom stereocenters. The maximum Gasteiger partial charge on any atom is 0.408 e. The monoisotopic (exact) mass is 403 g/mol. The number of fused-ring (bicyclic) bond motifs is 1. The van der Waals surface area contributed by atoms with E-state index in [0.29, 0.717) is 27.9 Å². The summed E-state index contributed by atoms with van der Waals surface area (Å²) in [4.78, 5) is 1.27. The van der Waals surface area contributed by atoms with Crippen molar-refractivity contribution in [2.24, 2.45) is 0 Å². The standard InChI is InChI=1S/C22H21F4N3/c1-14(22(24,25)26)28-11-5-4-8-19(28)21-18(13-27)17-10-9-15(23)12-20(17)29(21)16-6-2-3-7-16/h4-5,8-10,12,14,16H,2-3,6-7,11H2,1H3/t14-/m0/s1. The molecule has 0 saturated heterocycles. The summed E-state index contributed by atoms with van der Waals surface area (Å²) < 4.78 is 56.6. The molecule has 0 radical (unpaired) electrons. The molecule has 1 aliphatic heterocycles. The zero-order valence-corrected chi connectivity index (χ0v) is 16.0. The van der Waals surface area contributed by atoms with Crippen LogP contribution in [0.5, 0.6) is 0 Å². The predicted molar refractivity (Wildman–Crippen MR) is 103 cm³/mol. The second-order valence-corrected chi connectivity index (χ2v) is 7.66. The normalized spacial score (nSPS) is 18.9. The van der Waals surface area contributed by atoms with Crippen molar-refractivity contribution in [3.8, 4) is 6.07 Å². The van der Waals surface area contributed by atoms with Crippen LogP contribution in [0.3, 0.4) is 0 Å². The average Bonchev–Trinajstić information content (AvgIpc) is 3.31. The van der Waals surface area contributed by atoms with Gasteiger partial charge in [0.2, 0.25) is 0 Å². The fourth-order valence-electron chi connectivity index (χ4n) is 4.48. The Morgan fingerprint density at radius 2 is 1.93 bits per heavy atom. The SMILES string of the molecule is C[C@H](N1CC=CC=C1c1c(C#N)c2ccc(F)cc2n1C1CCCC1)C(F)(F)F. The van der Waals surface area contributed by atoms with Crippen LogP contribution in [0.15, 0.2) is 36.4 Å². The zero-order chi connectivity index (χ0) is 20.8. The van der Waals surface area contributed by atoms with E-state index in [1.54, 1.807) is 24.3 Å². The van der Waals surface area contributed by atoms with Gasteiger partial charge in [-0.15, -0.1) is 0 Å². The molecule has 0 N–H and O–H groups in total. The lowest BCUT2D eigenvalue weighted by molar-refractivity contribution is -0.169. The summed E-state index contributed by atoms with van der Waals surface area (Å²) in [5, 5.41) is 10.5. The molecule has 1 saturated carbocycles. The lowest BCUT2D eigenvalue weighted by Crippen LogP contribution is -2.43. The second-order valence-electron chi connectivity index (χ2n) is 7.66. The van der Waals surface area contributed by atoms with Crippen molar-refractivity contribution in [2.45, 2.75) is 50.9 Å². The third-order valence-electron chi connectivity index (χ3n) is 5.95. The van der Waals surface area contributed by atoms with Crippen LogP contribution in [0.2, 0.25) is 0 Å². The van der Waals surface area contributed by atoms with E-state index < -0.39 is 18.0 Å². The van der Waals surface area contributed by atoms with Crippen LogP contribution in [0.25, 0.3) is 16.6 Å². The highest BCUT2D eigenvalue weighted by atomic mass is 19.4. The molecule has 0 amide bonds. The van der Waals surface area contributed by atoms with Crippen molar-refractivity contribution < 1.29 is 17.6 Å². The summed E-state index contributed by atoms with van der Waals surface area (Å²) in [7, 11) is 0. The molecule has 1 aliphatic carbocycles. The van der Waals surface area contributed by atoms with Crippen molar-refractivity contribution in [1.29, 1.82) is 5.26 Å². The first-order chi connectivity index (χ1) is 13.8. The number of halogens is 4. The number of allylic oxidation sites excluding steroid dienone is 2. The van der Waals surface area contributed by atoms with Crippen LogP contribution in [-0.2, 0) is 0 Å². The van der Waals surface area contributed by atoms with Gasteiger partial charge >= 0.3 is 6.18 Å². The Labute approximate surface area is 166 Å². The minimum absolute atomic E-state index is 0.0336. The average molecular weight is 403 g/mol. The highest BCUT2D eigenvalue weighted by molar-refractivity contribution is 5.93. The smallest absolute Gasteiger partial charge is 0.354 e. The predicted octanol–water partition coefficient (Wildman–Crippen LogP) is 5.93. The molecule has 2 heterocycles. The fraction of sp³-hybridized carbons (Fsp3) is 0.409. The molecule has 2 aromatic rings. The lowest BCUT2D eigenvalue weighted by Gasteiger charge is -2.36. The van der Waals surface area contributed by atoms with Gasteiger partial charge in [-0.3, -0.25) is 0 Å². The summed E-state index contributed by atoms with van der Waals surface area (Å²) in [5.74, 6) is -0.427. The molecule has 3 nitrogen and oxygen atoms in total. The van der Waals surface area contributed by atoms with E-state index in [9.17, 15) is 22.8 Å². The Kier molecular flexibility index (Phi) is 4.89. The number of nitrogens with zero attached hydrogens (tertiary/aromatic N) is 3. The third kappa shape index (κ3) is 3.31. The molecule has 1 aromatic heterocycles. The van der Waals surface area contributed by atoms with Crippen LogP contribution >= 0.6 is 0 Å². The van der Waals surface area contributed by atoms with Gasteiger partial charge in [0.25, 0.3) is 0 Å². The molecule has 0 bridgehead atoms. The molecule has 1 atom stereocenters. The molecule has 7 heteroatoms. The van der Waals surface area contributed by atoms with Crippen LogP contribution in [0.4, 0.5) is 17.6 Å². The zero-order valence-electron chi connectivity index (χ0n) is 16.0. The molecular weight excluding hydrogens is 382 g/mol. The highest BCUT2D eigenvalue weighted by Crippen LogP contribution is 2.42. The van der Waals surface area contributed by atoms with E-state index in [1.165, 1.54) is 17.0 Å². The van der Waals surface area contributed by atoms with E-state index in [2.05, 4.69) is 6.07 Å². The number of rotatable bonds is 3. The minimum Gasteiger partial charge on any atom is -0.354 e. The van der Waals surface area contributed by atoms with Crippen molar-refractivity contribution in [2.75, 3.05) is 6.54 Å². The molecule has 2 aliphatic rings. The van der Waals surface area contributed by atoms with E-state index in [4.69, 9.17) is 0 Å². The fourth-order valence-corrected chi connectivity index (χ4v) is 4.48. The summed E-state index contributed by atoms with van der Waals surface area (Å²) in [6.45, 7) is 1.22. The van der Waals surface area contributed by atoms with Crippen molar-refractivity contribution >= 4 is 16.6 Å². The Hall–Kier alpha value is -2.75. The highest BCUT2D eigenvalue weighted by Gasteiger charge is 2.42. The topological polar surface area (TPSA) is 32.0 Å². The number of benzene rings is 1. The summed E-state index contributed by atoms with van der Waals surface area (Å²) in [5.41, 5.74) is 1.68. The molecule has 29 heavy (non-hydrogen) atoms. The van der Waals surface area contributed by atoms with Gasteiger partial charge in [-0.1, -0.05) is 25.0 Å². The molecule has 4 rings (SSSR count). The van der Waals surface area contributed by atoms with Crippen LogP contribution in [0, 0.1) is 17.1 Å². The maximum absolute atomic E-state index is 14.1. The molecule has 0 spiro atoms. The van der Waals surface area contributed by atoms with Gasteiger partial charge in [-0.05, 0) is 44.0 Å². The Bertz CT molecular complexity index is 1030. The molecular formula is C22H21F4N3. The molecule has 1 fully saturated rings. The van der Waals surface area contributed by atoms with E-state index in [1.807, 2.05) is 4.57 Å². The first-order valence-corrected chi connectivity index (χ1v) is 9.77. The van der Waals surface area contributed by atoms with Gasteiger partial charge in [0.15, 0.2) is 0 Å². The Morgan fingerprint density at radius 3 is 2.59 bits per heavy atom. The van der Waals surface area contributed by atoms with Gasteiger partial charge in [0.1, 0.15) is 17.9 Å². The van der Waals surface area contributed by atoms with Gasteiger partial charge in [-0.2, -0.15) is 18.4 Å². The van der Waals surface area contributed by atoms with Crippen LogP contribution in [0.1, 0.15) is 49.9 Å². The first kappa shape index (κ1) is 19.6. The van der Waals surface area contributed by atoms with E-state index in [0.717, 1.165) is 32.6 Å². The largest absolute Gasteiger partial charge is 0.408 e. The number of nitriles is 1. The summed E-state index contributed by atoms with van der Waals surface area (Å²) >= 11 is 0. The Morgan fingerprint density at radius 1 is 1.21 bits per heavy atom. The first-order valence-electron chi connectivity index (χ1n) is 9.77. The number of aromatic nitrogens is 1. The van der Waals surface area contributed by atoms with Crippen molar-refractivity contribution in [3.05, 3.63) is 53.5 Å². The van der Waals surface area contributed by atoms with E-state index >= 15 is 0 Å². The quantitative estimate of drug-likeness (QED) is 0.595.